The molecule has 0 amide bonds. The Labute approximate surface area is 239 Å². The maximum Gasteiger partial charge on any atom is 0.341 e. The lowest BCUT2D eigenvalue weighted by Gasteiger charge is -2.26. The van der Waals surface area contributed by atoms with Gasteiger partial charge in [0.1, 0.15) is 22.8 Å². The predicted octanol–water partition coefficient (Wildman–Crippen LogP) is 3.19. The number of ether oxygens (including phenoxy) is 3. The van der Waals surface area contributed by atoms with Crippen molar-refractivity contribution in [2.24, 2.45) is 0 Å². The molecule has 3 rings (SSSR count). The first-order valence-electron chi connectivity index (χ1n) is 12.9. The van der Waals surface area contributed by atoms with Crippen molar-refractivity contribution in [3.05, 3.63) is 83.9 Å². The van der Waals surface area contributed by atoms with E-state index in [1.165, 1.54) is 24.3 Å². The number of hydrogen-bond donors (Lipinski definition) is 4. The molecule has 2 atom stereocenters. The minimum atomic E-state index is -3.89. The molecule has 0 aliphatic rings. The number of methoxy groups -OCH3 is 1. The Kier molecular flexibility index (Phi) is 11.5. The molecule has 4 N–H and O–H groups in total. The van der Waals surface area contributed by atoms with Gasteiger partial charge in [0.05, 0.1) is 18.6 Å². The molecule has 1 unspecified atom stereocenters. The Hall–Kier alpha value is -4.13. The van der Waals surface area contributed by atoms with Crippen molar-refractivity contribution in [3.63, 3.8) is 0 Å². The number of sulfonamides is 1. The van der Waals surface area contributed by atoms with E-state index in [1.807, 2.05) is 19.1 Å². The number of carboxylic acids is 2. The van der Waals surface area contributed by atoms with Gasteiger partial charge in [0, 0.05) is 12.1 Å². The minimum Gasteiger partial charge on any atom is -0.497 e. The monoisotopic (exact) mass is 586 g/mol. The summed E-state index contributed by atoms with van der Waals surface area (Å²) in [6.45, 7) is 2.11. The number of rotatable bonds is 17. The Morgan fingerprint density at radius 3 is 2.24 bits per heavy atom. The van der Waals surface area contributed by atoms with Gasteiger partial charge < -0.3 is 29.7 Å². The van der Waals surface area contributed by atoms with Crippen molar-refractivity contribution in [2.75, 3.05) is 26.9 Å². The molecule has 41 heavy (non-hydrogen) atoms. The van der Waals surface area contributed by atoms with Crippen LogP contribution in [0.4, 0.5) is 0 Å². The molecule has 0 spiro atoms. The van der Waals surface area contributed by atoms with Crippen LogP contribution in [-0.4, -0.2) is 69.5 Å². The number of nitrogens with one attached hydrogen (secondary N) is 2. The molecule has 0 heterocycles. The zero-order chi connectivity index (χ0) is 29.8. The maximum atomic E-state index is 13.2. The van der Waals surface area contributed by atoms with Gasteiger partial charge in [-0.15, -0.1) is 0 Å². The van der Waals surface area contributed by atoms with Crippen LogP contribution in [-0.2, 0) is 21.2 Å². The molecule has 0 saturated heterocycles. The molecular weight excluding hydrogens is 552 g/mol. The van der Waals surface area contributed by atoms with E-state index in [1.54, 1.807) is 43.5 Å². The fourth-order valence-electron chi connectivity index (χ4n) is 3.98. The van der Waals surface area contributed by atoms with Gasteiger partial charge in [0.15, 0.2) is 6.61 Å². The Balaban J connectivity index is 1.70. The van der Waals surface area contributed by atoms with Gasteiger partial charge in [-0.3, -0.25) is 0 Å². The second-order valence-corrected chi connectivity index (χ2v) is 10.9. The van der Waals surface area contributed by atoms with Gasteiger partial charge in [-0.2, -0.15) is 0 Å². The van der Waals surface area contributed by atoms with Crippen molar-refractivity contribution in [1.29, 1.82) is 0 Å². The summed E-state index contributed by atoms with van der Waals surface area (Å²) in [6.07, 6.45) is 0.801. The van der Waals surface area contributed by atoms with Crippen LogP contribution in [0.3, 0.4) is 0 Å². The molecular formula is C29H34N2O9S. The second-order valence-electron chi connectivity index (χ2n) is 9.18. The molecule has 11 nitrogen and oxygen atoms in total. The highest BCUT2D eigenvalue weighted by Gasteiger charge is 2.25. The van der Waals surface area contributed by atoms with E-state index in [4.69, 9.17) is 19.3 Å². The van der Waals surface area contributed by atoms with E-state index in [-0.39, 0.29) is 28.7 Å². The third-order valence-electron chi connectivity index (χ3n) is 6.16. The van der Waals surface area contributed by atoms with Crippen LogP contribution in [0.2, 0.25) is 0 Å². The molecule has 0 fully saturated rings. The molecule has 0 bridgehead atoms. The van der Waals surface area contributed by atoms with Crippen molar-refractivity contribution < 1.29 is 42.4 Å². The summed E-state index contributed by atoms with van der Waals surface area (Å²) in [6, 6.07) is 18.5. The standard InChI is InChI=1S/C29H34N2O9S/c1-20(30-15-6-16-39-23-12-10-22(38-2)11-13-23)26(31-41(36,37)24-7-4-3-5-8-24)18-21-9-14-27(40-19-28(32)33)25(17-21)29(34)35/h3-5,7-14,17,20,26,30-31H,6,15-16,18-19H2,1-2H3,(H,32,33)(H,34,35)/t20?,26-/m0/s1. The van der Waals surface area contributed by atoms with E-state index in [0.717, 1.165) is 5.75 Å². The summed E-state index contributed by atoms with van der Waals surface area (Å²) in [4.78, 5) is 22.8. The molecule has 0 aliphatic carbocycles. The Morgan fingerprint density at radius 2 is 1.61 bits per heavy atom. The summed E-state index contributed by atoms with van der Waals surface area (Å²) in [5.41, 5.74) is 0.312. The summed E-state index contributed by atoms with van der Waals surface area (Å²) >= 11 is 0. The molecule has 3 aromatic rings. The van der Waals surface area contributed by atoms with Gasteiger partial charge in [-0.25, -0.2) is 22.7 Å². The lowest BCUT2D eigenvalue weighted by Crippen LogP contribution is -2.50. The Morgan fingerprint density at radius 1 is 0.927 bits per heavy atom. The highest BCUT2D eigenvalue weighted by molar-refractivity contribution is 7.89. The predicted molar refractivity (Wildman–Crippen MR) is 151 cm³/mol. The van der Waals surface area contributed by atoms with Gasteiger partial charge in [0.2, 0.25) is 10.0 Å². The first-order valence-corrected chi connectivity index (χ1v) is 14.4. The van der Waals surface area contributed by atoms with Crippen LogP contribution < -0.4 is 24.2 Å². The SMILES string of the molecule is COc1ccc(OCCCNC(C)[C@H](Cc2ccc(OCC(=O)O)c(C(=O)O)c2)NS(=O)(=O)c2ccccc2)cc1. The lowest BCUT2D eigenvalue weighted by molar-refractivity contribution is -0.139. The van der Waals surface area contributed by atoms with Crippen molar-refractivity contribution in [2.45, 2.75) is 36.7 Å². The molecule has 12 heteroatoms. The first kappa shape index (κ1) is 31.4. The average molecular weight is 587 g/mol. The van der Waals surface area contributed by atoms with Crippen LogP contribution in [0.15, 0.2) is 77.7 Å². The molecule has 0 aromatic heterocycles. The molecule has 0 aliphatic heterocycles. The second kappa shape index (κ2) is 15.0. The zero-order valence-corrected chi connectivity index (χ0v) is 23.6. The third-order valence-corrected chi connectivity index (χ3v) is 7.67. The van der Waals surface area contributed by atoms with Crippen molar-refractivity contribution >= 4 is 22.0 Å². The summed E-state index contributed by atoms with van der Waals surface area (Å²) in [5, 5.41) is 21.8. The molecule has 220 valence electrons. The van der Waals surface area contributed by atoms with Gasteiger partial charge in [-0.1, -0.05) is 24.3 Å². The molecule has 3 aromatic carbocycles. The van der Waals surface area contributed by atoms with Crippen LogP contribution >= 0.6 is 0 Å². The number of carboxylic acid groups (broad SMARTS) is 2. The molecule has 0 saturated carbocycles. The summed E-state index contributed by atoms with van der Waals surface area (Å²) < 4.78 is 45.1. The highest BCUT2D eigenvalue weighted by atomic mass is 32.2. The van der Waals surface area contributed by atoms with E-state index in [2.05, 4.69) is 10.0 Å². The molecule has 0 radical (unpaired) electrons. The van der Waals surface area contributed by atoms with Gasteiger partial charge in [0.25, 0.3) is 0 Å². The minimum absolute atomic E-state index is 0.0897. The van der Waals surface area contributed by atoms with Gasteiger partial charge >= 0.3 is 11.9 Å². The summed E-state index contributed by atoms with van der Waals surface area (Å²) in [7, 11) is -2.30. The summed E-state index contributed by atoms with van der Waals surface area (Å²) in [5.74, 6) is -1.19. The highest BCUT2D eigenvalue weighted by Crippen LogP contribution is 2.22. The van der Waals surface area contributed by atoms with Crippen LogP contribution in [0.5, 0.6) is 17.2 Å². The normalized spacial score (nSPS) is 12.7. The largest absolute Gasteiger partial charge is 0.497 e. The number of hydrogen-bond acceptors (Lipinski definition) is 8. The van der Waals surface area contributed by atoms with E-state index >= 15 is 0 Å². The topological polar surface area (TPSA) is 160 Å². The first-order chi connectivity index (χ1) is 19.6. The quantitative estimate of drug-likeness (QED) is 0.173. The average Bonchev–Trinajstić information content (AvgIpc) is 2.96. The Bertz CT molecular complexity index is 1400. The van der Waals surface area contributed by atoms with Crippen molar-refractivity contribution in [3.8, 4) is 17.2 Å². The zero-order valence-electron chi connectivity index (χ0n) is 22.8. The lowest BCUT2D eigenvalue weighted by atomic mass is 9.99. The van der Waals surface area contributed by atoms with E-state index < -0.39 is 34.6 Å². The van der Waals surface area contributed by atoms with Gasteiger partial charge in [-0.05, 0) is 80.4 Å². The van der Waals surface area contributed by atoms with Crippen LogP contribution in [0, 0.1) is 0 Å². The number of aliphatic carboxylic acids is 1. The fraction of sp³-hybridized carbons (Fsp3) is 0.310. The number of aromatic carboxylic acids is 1. The van der Waals surface area contributed by atoms with Crippen LogP contribution in [0.1, 0.15) is 29.3 Å². The smallest absolute Gasteiger partial charge is 0.341 e. The number of benzene rings is 3. The fourth-order valence-corrected chi connectivity index (χ4v) is 5.32. The van der Waals surface area contributed by atoms with Crippen molar-refractivity contribution in [1.82, 2.24) is 10.0 Å². The third kappa shape index (κ3) is 9.78. The number of carbonyl (C=O) groups is 2. The van der Waals surface area contributed by atoms with Crippen LogP contribution in [0.25, 0.3) is 0 Å². The maximum absolute atomic E-state index is 13.2. The van der Waals surface area contributed by atoms with E-state index in [9.17, 15) is 23.1 Å². The van der Waals surface area contributed by atoms with E-state index in [0.29, 0.717) is 30.9 Å².